The Kier molecular flexibility index (Phi) is 4.49. The van der Waals surface area contributed by atoms with Crippen LogP contribution in [0.5, 0.6) is 0 Å². The van der Waals surface area contributed by atoms with Crippen molar-refractivity contribution in [2.75, 3.05) is 24.3 Å². The smallest absolute Gasteiger partial charge is 0.140 e. The normalized spacial score (nSPS) is 11.5. The topological polar surface area (TPSA) is 39.1 Å². The summed E-state index contributed by atoms with van der Waals surface area (Å²) in [6.45, 7) is 0. The van der Waals surface area contributed by atoms with Crippen LogP contribution >= 0.6 is 11.6 Å². The number of nitriles is 1. The van der Waals surface area contributed by atoms with Gasteiger partial charge in [-0.15, -0.1) is 0 Å². The molecule has 1 atom stereocenters. The van der Waals surface area contributed by atoms with E-state index < -0.39 is 6.04 Å². The van der Waals surface area contributed by atoms with E-state index >= 15 is 0 Å². The van der Waals surface area contributed by atoms with Gasteiger partial charge in [0.1, 0.15) is 6.04 Å². The highest BCUT2D eigenvalue weighted by molar-refractivity contribution is 6.33. The minimum Gasteiger partial charge on any atom is -0.378 e. The monoisotopic (exact) mass is 285 g/mol. The standard InChI is InChI=1S/C16H16ClN3/c1-20(2)13-9-7-12(8-10-13)16(11-18)19-15-6-4-3-5-14(15)17/h3-10,16,19H,1-2H3. The number of hydrogen-bond acceptors (Lipinski definition) is 3. The van der Waals surface area contributed by atoms with Gasteiger partial charge in [0.25, 0.3) is 0 Å². The van der Waals surface area contributed by atoms with Gasteiger partial charge < -0.3 is 10.2 Å². The van der Waals surface area contributed by atoms with Crippen LogP contribution in [0.4, 0.5) is 11.4 Å². The Morgan fingerprint density at radius 2 is 1.75 bits per heavy atom. The van der Waals surface area contributed by atoms with Crippen LogP contribution in [0, 0.1) is 11.3 Å². The molecule has 4 heteroatoms. The molecule has 0 aliphatic heterocycles. The third-order valence-electron chi connectivity index (χ3n) is 3.05. The maximum absolute atomic E-state index is 9.34. The van der Waals surface area contributed by atoms with Crippen LogP contribution in [0.2, 0.25) is 5.02 Å². The summed E-state index contributed by atoms with van der Waals surface area (Å²) < 4.78 is 0. The van der Waals surface area contributed by atoms with Gasteiger partial charge in [-0.3, -0.25) is 0 Å². The molecule has 2 rings (SSSR count). The Morgan fingerprint density at radius 1 is 1.10 bits per heavy atom. The van der Waals surface area contributed by atoms with E-state index in [0.29, 0.717) is 5.02 Å². The van der Waals surface area contributed by atoms with Gasteiger partial charge in [-0.25, -0.2) is 0 Å². The van der Waals surface area contributed by atoms with E-state index in [4.69, 9.17) is 11.6 Å². The molecule has 0 radical (unpaired) electrons. The number of hydrogen-bond donors (Lipinski definition) is 1. The zero-order chi connectivity index (χ0) is 14.5. The summed E-state index contributed by atoms with van der Waals surface area (Å²) in [5.74, 6) is 0. The molecule has 0 bridgehead atoms. The van der Waals surface area contributed by atoms with Crippen LogP contribution in [-0.4, -0.2) is 14.1 Å². The molecule has 0 saturated carbocycles. The summed E-state index contributed by atoms with van der Waals surface area (Å²) in [5.41, 5.74) is 2.78. The first-order chi connectivity index (χ1) is 9.61. The first kappa shape index (κ1) is 14.2. The first-order valence-electron chi connectivity index (χ1n) is 6.30. The Hall–Kier alpha value is -2.18. The quantitative estimate of drug-likeness (QED) is 0.920. The van der Waals surface area contributed by atoms with E-state index in [1.165, 1.54) is 0 Å². The number of anilines is 2. The van der Waals surface area contributed by atoms with Crippen molar-refractivity contribution in [1.82, 2.24) is 0 Å². The molecule has 3 nitrogen and oxygen atoms in total. The minimum absolute atomic E-state index is 0.425. The maximum Gasteiger partial charge on any atom is 0.140 e. The molecule has 102 valence electrons. The van der Waals surface area contributed by atoms with Gasteiger partial charge in [0.2, 0.25) is 0 Å². The SMILES string of the molecule is CN(C)c1ccc(C(C#N)Nc2ccccc2Cl)cc1. The zero-order valence-electron chi connectivity index (χ0n) is 11.5. The molecule has 0 saturated heterocycles. The third-order valence-corrected chi connectivity index (χ3v) is 3.38. The second-order valence-electron chi connectivity index (χ2n) is 4.67. The summed E-state index contributed by atoms with van der Waals surface area (Å²) in [6, 6.07) is 17.1. The fourth-order valence-corrected chi connectivity index (χ4v) is 2.08. The third kappa shape index (κ3) is 3.23. The molecule has 1 unspecified atom stereocenters. The summed E-state index contributed by atoms with van der Waals surface area (Å²) in [6.07, 6.45) is 0. The number of nitrogens with zero attached hydrogens (tertiary/aromatic N) is 2. The van der Waals surface area contributed by atoms with Gasteiger partial charge >= 0.3 is 0 Å². The molecular weight excluding hydrogens is 270 g/mol. The number of halogens is 1. The molecule has 20 heavy (non-hydrogen) atoms. The fraction of sp³-hybridized carbons (Fsp3) is 0.188. The summed E-state index contributed by atoms with van der Waals surface area (Å²) >= 11 is 6.10. The molecule has 0 amide bonds. The minimum atomic E-state index is -0.425. The number of benzene rings is 2. The lowest BCUT2D eigenvalue weighted by Gasteiger charge is -2.16. The van der Waals surface area contributed by atoms with Crippen molar-refractivity contribution in [3.8, 4) is 6.07 Å². The van der Waals surface area contributed by atoms with Crippen molar-refractivity contribution < 1.29 is 0 Å². The molecule has 1 N–H and O–H groups in total. The maximum atomic E-state index is 9.34. The Morgan fingerprint density at radius 3 is 2.30 bits per heavy atom. The molecule has 0 heterocycles. The van der Waals surface area contributed by atoms with Gasteiger partial charge in [-0.1, -0.05) is 35.9 Å². The van der Waals surface area contributed by atoms with E-state index in [1.807, 2.05) is 61.5 Å². The van der Waals surface area contributed by atoms with Crippen LogP contribution in [0.25, 0.3) is 0 Å². The molecule has 2 aromatic carbocycles. The second kappa shape index (κ2) is 6.31. The molecular formula is C16H16ClN3. The highest BCUT2D eigenvalue weighted by atomic mass is 35.5. The van der Waals surface area contributed by atoms with Gasteiger partial charge in [0.15, 0.2) is 0 Å². The predicted molar refractivity (Wildman–Crippen MR) is 84.2 cm³/mol. The van der Waals surface area contributed by atoms with Crippen LogP contribution in [-0.2, 0) is 0 Å². The Balaban J connectivity index is 2.21. The van der Waals surface area contributed by atoms with E-state index in [9.17, 15) is 5.26 Å². The van der Waals surface area contributed by atoms with Crippen molar-refractivity contribution in [3.63, 3.8) is 0 Å². The summed E-state index contributed by atoms with van der Waals surface area (Å²) in [4.78, 5) is 2.02. The number of nitrogens with one attached hydrogen (secondary N) is 1. The Bertz CT molecular complexity index is 614. The van der Waals surface area contributed by atoms with E-state index in [0.717, 1.165) is 16.9 Å². The van der Waals surface area contributed by atoms with Crippen molar-refractivity contribution in [2.45, 2.75) is 6.04 Å². The van der Waals surface area contributed by atoms with Crippen molar-refractivity contribution in [2.24, 2.45) is 0 Å². The highest BCUT2D eigenvalue weighted by Gasteiger charge is 2.11. The molecule has 0 aliphatic rings. The van der Waals surface area contributed by atoms with Crippen LogP contribution in [0.1, 0.15) is 11.6 Å². The van der Waals surface area contributed by atoms with Gasteiger partial charge in [-0.2, -0.15) is 5.26 Å². The average molecular weight is 286 g/mol. The van der Waals surface area contributed by atoms with E-state index in [1.54, 1.807) is 6.07 Å². The molecule has 0 fully saturated rings. The molecule has 0 aliphatic carbocycles. The van der Waals surface area contributed by atoms with Crippen molar-refractivity contribution in [1.29, 1.82) is 5.26 Å². The van der Waals surface area contributed by atoms with Gasteiger partial charge in [0.05, 0.1) is 16.8 Å². The van der Waals surface area contributed by atoms with Crippen molar-refractivity contribution in [3.05, 3.63) is 59.1 Å². The lowest BCUT2D eigenvalue weighted by Crippen LogP contribution is -2.11. The summed E-state index contributed by atoms with van der Waals surface area (Å²) in [5, 5.41) is 13.1. The fourth-order valence-electron chi connectivity index (χ4n) is 1.89. The molecule has 2 aromatic rings. The van der Waals surface area contributed by atoms with Gasteiger partial charge in [-0.05, 0) is 29.8 Å². The largest absolute Gasteiger partial charge is 0.378 e. The lowest BCUT2D eigenvalue weighted by molar-refractivity contribution is 0.995. The summed E-state index contributed by atoms with van der Waals surface area (Å²) in [7, 11) is 3.97. The van der Waals surface area contributed by atoms with E-state index in [-0.39, 0.29) is 0 Å². The number of para-hydroxylation sites is 1. The van der Waals surface area contributed by atoms with Crippen LogP contribution < -0.4 is 10.2 Å². The number of rotatable bonds is 4. The lowest BCUT2D eigenvalue weighted by atomic mass is 10.1. The predicted octanol–water partition coefficient (Wildman–Crippen LogP) is 4.08. The van der Waals surface area contributed by atoms with Crippen molar-refractivity contribution >= 4 is 23.0 Å². The first-order valence-corrected chi connectivity index (χ1v) is 6.67. The average Bonchev–Trinajstić information content (AvgIpc) is 2.46. The van der Waals surface area contributed by atoms with Crippen LogP contribution in [0.15, 0.2) is 48.5 Å². The van der Waals surface area contributed by atoms with Crippen LogP contribution in [0.3, 0.4) is 0 Å². The zero-order valence-corrected chi connectivity index (χ0v) is 12.2. The van der Waals surface area contributed by atoms with E-state index in [2.05, 4.69) is 11.4 Å². The highest BCUT2D eigenvalue weighted by Crippen LogP contribution is 2.26. The Labute approximate surface area is 124 Å². The van der Waals surface area contributed by atoms with Gasteiger partial charge in [0, 0.05) is 19.8 Å². The molecule has 0 spiro atoms. The molecule has 0 aromatic heterocycles. The second-order valence-corrected chi connectivity index (χ2v) is 5.08.